The van der Waals surface area contributed by atoms with E-state index in [1.54, 1.807) is 0 Å². The Hall–Kier alpha value is -2.30. The minimum atomic E-state index is -1.86. The van der Waals surface area contributed by atoms with Crippen molar-refractivity contribution in [3.63, 3.8) is 0 Å². The van der Waals surface area contributed by atoms with E-state index in [9.17, 15) is 0 Å². The highest BCUT2D eigenvalue weighted by Crippen LogP contribution is 2.44. The van der Waals surface area contributed by atoms with Gasteiger partial charge < -0.3 is 0 Å². The Balaban J connectivity index is 1.79. The van der Waals surface area contributed by atoms with Crippen molar-refractivity contribution < 1.29 is 0 Å². The van der Waals surface area contributed by atoms with Gasteiger partial charge in [0.1, 0.15) is 8.07 Å². The normalized spacial score (nSPS) is 13.3. The van der Waals surface area contributed by atoms with E-state index in [-0.39, 0.29) is 0 Å². The Morgan fingerprint density at radius 1 is 0.634 bits per heavy atom. The molecule has 2 aromatic heterocycles. The Kier molecular flexibility index (Phi) is 8.92. The van der Waals surface area contributed by atoms with Crippen molar-refractivity contribution in [2.24, 2.45) is 0 Å². The summed E-state index contributed by atoms with van der Waals surface area (Å²) in [5, 5.41) is 2.67. The summed E-state index contributed by atoms with van der Waals surface area (Å²) in [7, 11) is -1.86. The predicted molar refractivity (Wildman–Crippen MR) is 187 cm³/mol. The van der Waals surface area contributed by atoms with Gasteiger partial charge in [-0.05, 0) is 73.5 Å². The van der Waals surface area contributed by atoms with Crippen LogP contribution in [0.5, 0.6) is 0 Å². The summed E-state index contributed by atoms with van der Waals surface area (Å²) < 4.78 is 0. The van der Waals surface area contributed by atoms with Crippen molar-refractivity contribution in [3.05, 3.63) is 55.6 Å². The first-order valence-corrected chi connectivity index (χ1v) is 19.7. The van der Waals surface area contributed by atoms with E-state index in [4.69, 9.17) is 0 Å². The lowest BCUT2D eigenvalue weighted by atomic mass is 10.1. The highest BCUT2D eigenvalue weighted by atomic mass is 32.1. The number of unbranched alkanes of at least 4 members (excludes halogenated alkanes) is 2. The zero-order valence-electron chi connectivity index (χ0n) is 26.6. The summed E-state index contributed by atoms with van der Waals surface area (Å²) in [6.07, 6.45) is 7.26. The number of hydrogen-bond donors (Lipinski definition) is 0. The van der Waals surface area contributed by atoms with Crippen LogP contribution in [-0.2, 0) is 12.8 Å². The summed E-state index contributed by atoms with van der Waals surface area (Å²) in [6, 6.07) is 9.86. The van der Waals surface area contributed by atoms with Crippen molar-refractivity contribution in [1.82, 2.24) is 0 Å². The first-order chi connectivity index (χ1) is 19.7. The molecule has 0 nitrogen and oxygen atoms in total. The summed E-state index contributed by atoms with van der Waals surface area (Å²) >= 11 is 3.98. The van der Waals surface area contributed by atoms with Crippen LogP contribution in [0.2, 0.25) is 16.6 Å². The van der Waals surface area contributed by atoms with Gasteiger partial charge in [-0.2, -0.15) is 0 Å². The van der Waals surface area contributed by atoms with Crippen molar-refractivity contribution in [3.8, 4) is 44.2 Å². The maximum absolute atomic E-state index is 4.08. The van der Waals surface area contributed by atoms with E-state index in [1.165, 1.54) is 89.0 Å². The van der Waals surface area contributed by atoms with Gasteiger partial charge in [0.25, 0.3) is 0 Å². The van der Waals surface area contributed by atoms with E-state index in [0.717, 1.165) is 12.8 Å². The van der Waals surface area contributed by atoms with Crippen LogP contribution >= 0.6 is 22.7 Å². The van der Waals surface area contributed by atoms with Gasteiger partial charge in [0.15, 0.2) is 0 Å². The highest BCUT2D eigenvalue weighted by molar-refractivity contribution is 7.16. The lowest BCUT2D eigenvalue weighted by molar-refractivity contribution is 0.804. The van der Waals surface area contributed by atoms with E-state index < -0.39 is 8.07 Å². The van der Waals surface area contributed by atoms with Gasteiger partial charge in [0.2, 0.25) is 0 Å². The summed E-state index contributed by atoms with van der Waals surface area (Å²) in [6.45, 7) is 21.0. The Morgan fingerprint density at radius 2 is 1.07 bits per heavy atom. The fourth-order valence-electron chi connectivity index (χ4n) is 7.28. The molecule has 2 heterocycles. The molecule has 2 aliphatic carbocycles. The average molecular weight is 595 g/mol. The molecule has 2 aliphatic rings. The molecule has 5 rings (SSSR count). The van der Waals surface area contributed by atoms with Gasteiger partial charge in [-0.1, -0.05) is 80.1 Å². The van der Waals surface area contributed by atoms with Gasteiger partial charge in [0.05, 0.1) is 0 Å². The maximum atomic E-state index is 4.08. The third kappa shape index (κ3) is 5.14. The molecule has 0 aliphatic heterocycles. The van der Waals surface area contributed by atoms with E-state index in [2.05, 4.69) is 103 Å². The second kappa shape index (κ2) is 12.1. The van der Waals surface area contributed by atoms with Crippen molar-refractivity contribution in [1.29, 1.82) is 0 Å². The molecule has 0 bridgehead atoms. The van der Waals surface area contributed by atoms with Crippen LogP contribution in [0, 0.1) is 23.3 Å². The molecule has 1 aromatic carbocycles. The Bertz CT molecular complexity index is 1690. The fraction of sp³-hybridized carbons (Fsp3) is 0.474. The Morgan fingerprint density at radius 3 is 1.46 bits per heavy atom. The van der Waals surface area contributed by atoms with E-state index in [0.29, 0.717) is 16.6 Å². The molecule has 0 amide bonds. The summed E-state index contributed by atoms with van der Waals surface area (Å²) in [5.74, 6) is 10.7. The monoisotopic (exact) mass is 594 g/mol. The van der Waals surface area contributed by atoms with Crippen LogP contribution < -0.4 is 10.4 Å². The number of thiophene rings is 2. The molecule has 3 heteroatoms. The third-order valence-electron chi connectivity index (χ3n) is 9.36. The lowest BCUT2D eigenvalue weighted by Crippen LogP contribution is -2.43. The Labute approximate surface area is 258 Å². The van der Waals surface area contributed by atoms with E-state index in [1.807, 2.05) is 29.6 Å². The quantitative estimate of drug-likeness (QED) is 0.171. The summed E-state index contributed by atoms with van der Waals surface area (Å²) in [4.78, 5) is 5.82. The topological polar surface area (TPSA) is 0 Å². The molecule has 0 fully saturated rings. The van der Waals surface area contributed by atoms with Gasteiger partial charge in [0, 0.05) is 63.3 Å². The number of rotatable bonds is 9. The molecular weight excluding hydrogens is 549 g/mol. The van der Waals surface area contributed by atoms with Gasteiger partial charge in [-0.3, -0.25) is 0 Å². The first kappa shape index (κ1) is 30.2. The molecule has 0 atom stereocenters. The van der Waals surface area contributed by atoms with Crippen LogP contribution in [0.25, 0.3) is 32.0 Å². The van der Waals surface area contributed by atoms with Gasteiger partial charge in [-0.15, -0.1) is 34.1 Å². The van der Waals surface area contributed by atoms with Gasteiger partial charge in [-0.25, -0.2) is 0 Å². The van der Waals surface area contributed by atoms with Crippen LogP contribution in [0.3, 0.4) is 0 Å². The number of aryl methyl sites for hydroxylation is 2. The molecule has 0 radical (unpaired) electrons. The van der Waals surface area contributed by atoms with Crippen LogP contribution in [0.15, 0.2) is 24.3 Å². The molecule has 0 saturated carbocycles. The maximum Gasteiger partial charge on any atom is 0.146 e. The minimum Gasteiger partial charge on any atom is -0.140 e. The number of hydrogen-bond acceptors (Lipinski definition) is 2. The molecule has 0 N–H and O–H groups in total. The first-order valence-electron chi connectivity index (χ1n) is 15.8. The van der Waals surface area contributed by atoms with E-state index >= 15 is 0 Å². The second-order valence-electron chi connectivity index (χ2n) is 12.8. The third-order valence-corrected chi connectivity index (χ3v) is 18.1. The molecule has 0 saturated heterocycles. The molecule has 0 spiro atoms. The highest BCUT2D eigenvalue weighted by Gasteiger charge is 2.42. The molecule has 214 valence electrons. The zero-order valence-corrected chi connectivity index (χ0v) is 29.2. The van der Waals surface area contributed by atoms with Crippen molar-refractivity contribution in [2.45, 2.75) is 117 Å². The standard InChI is InChI=1S/C38H46S2Si/c1-10-13-16-27-20-33-29(15-12-3)31-22-36-32(23-35(31)37(33)39-27)30(34-21-28(17-14-11-2)40-38(34)36)18-19-41(24(4)5,25(6)7)26(8)9/h20-26H,10-11,13-14,16-17H2,1-9H3. The molecule has 0 unspecified atom stereocenters. The number of fused-ring (bicyclic) bond motifs is 6. The van der Waals surface area contributed by atoms with Crippen LogP contribution in [0.1, 0.15) is 109 Å². The fourth-order valence-corrected chi connectivity index (χ4v) is 15.0. The van der Waals surface area contributed by atoms with Gasteiger partial charge >= 0.3 is 0 Å². The minimum absolute atomic E-state index is 0.624. The second-order valence-corrected chi connectivity index (χ2v) is 20.7. The van der Waals surface area contributed by atoms with Crippen molar-refractivity contribution >= 4 is 41.9 Å². The van der Waals surface area contributed by atoms with Crippen LogP contribution in [-0.4, -0.2) is 8.07 Å². The smallest absolute Gasteiger partial charge is 0.140 e. The molecule has 3 aromatic rings. The summed E-state index contributed by atoms with van der Waals surface area (Å²) in [5.41, 5.74) is 13.9. The molecule has 41 heavy (non-hydrogen) atoms. The SMILES string of the molecule is CC#CC1=c2cc3c(cc2-c2sc(CCCC)cc21)=C(C#C[Si](C(C)C)(C(C)C)C(C)C)c1cc(CCCC)sc1-3. The van der Waals surface area contributed by atoms with Crippen molar-refractivity contribution in [2.75, 3.05) is 0 Å². The predicted octanol–water partition coefficient (Wildman–Crippen LogP) is 10.1. The van der Waals surface area contributed by atoms with Crippen LogP contribution in [0.4, 0.5) is 0 Å². The largest absolute Gasteiger partial charge is 0.146 e. The zero-order chi connectivity index (χ0) is 29.5. The molecular formula is C38H46S2Si. The average Bonchev–Trinajstić information content (AvgIpc) is 3.66. The lowest BCUT2D eigenvalue weighted by Gasteiger charge is -2.38. The number of benzene rings is 1.